The second-order valence-corrected chi connectivity index (χ2v) is 3.73. The highest BCUT2D eigenvalue weighted by atomic mass is 19.1. The summed E-state index contributed by atoms with van der Waals surface area (Å²) < 4.78 is 18.6. The molecule has 2 nitrogen and oxygen atoms in total. The maximum absolute atomic E-state index is 13.1. The normalized spacial score (nSPS) is 10.2. The summed E-state index contributed by atoms with van der Waals surface area (Å²) in [5.74, 6) is 0.0255. The highest BCUT2D eigenvalue weighted by molar-refractivity contribution is 5.29. The fourth-order valence-electron chi connectivity index (χ4n) is 1.54. The fourth-order valence-corrected chi connectivity index (χ4v) is 1.54. The second kappa shape index (κ2) is 5.46. The van der Waals surface area contributed by atoms with E-state index in [4.69, 9.17) is 9.84 Å². The van der Waals surface area contributed by atoms with E-state index >= 15 is 0 Å². The number of ether oxygens (including phenoxy) is 1. The van der Waals surface area contributed by atoms with E-state index < -0.39 is 5.82 Å². The van der Waals surface area contributed by atoms with Gasteiger partial charge in [-0.15, -0.1) is 0 Å². The van der Waals surface area contributed by atoms with E-state index in [2.05, 4.69) is 0 Å². The van der Waals surface area contributed by atoms with Crippen molar-refractivity contribution in [3.8, 4) is 5.75 Å². The Labute approximate surface area is 99.3 Å². The van der Waals surface area contributed by atoms with Gasteiger partial charge in [0.25, 0.3) is 0 Å². The summed E-state index contributed by atoms with van der Waals surface area (Å²) in [6, 6.07) is 13.9. The lowest BCUT2D eigenvalue weighted by molar-refractivity contribution is 0.276. The molecule has 0 saturated heterocycles. The van der Waals surface area contributed by atoms with Crippen molar-refractivity contribution in [1.29, 1.82) is 0 Å². The summed E-state index contributed by atoms with van der Waals surface area (Å²) in [6.07, 6.45) is 0. The highest BCUT2D eigenvalue weighted by Crippen LogP contribution is 2.17. The van der Waals surface area contributed by atoms with Gasteiger partial charge in [-0.2, -0.15) is 0 Å². The van der Waals surface area contributed by atoms with Crippen LogP contribution in [0, 0.1) is 5.82 Å². The third-order valence-corrected chi connectivity index (χ3v) is 2.36. The molecule has 0 bridgehead atoms. The number of halogens is 1. The molecule has 3 heteroatoms. The molecule has 0 heterocycles. The van der Waals surface area contributed by atoms with Gasteiger partial charge in [-0.1, -0.05) is 30.3 Å². The monoisotopic (exact) mass is 232 g/mol. The quantitative estimate of drug-likeness (QED) is 0.878. The molecule has 2 rings (SSSR count). The first-order chi connectivity index (χ1) is 8.28. The van der Waals surface area contributed by atoms with E-state index in [1.54, 1.807) is 6.07 Å². The van der Waals surface area contributed by atoms with Gasteiger partial charge in [0.2, 0.25) is 0 Å². The fraction of sp³-hybridized carbons (Fsp3) is 0.143. The van der Waals surface area contributed by atoms with Gasteiger partial charge in [-0.25, -0.2) is 4.39 Å². The Morgan fingerprint density at radius 2 is 1.76 bits per heavy atom. The molecule has 0 aromatic heterocycles. The van der Waals surface area contributed by atoms with Crippen LogP contribution in [0.1, 0.15) is 11.1 Å². The molecule has 0 unspecified atom stereocenters. The van der Waals surface area contributed by atoms with E-state index in [1.165, 1.54) is 12.1 Å². The molecule has 88 valence electrons. The maximum Gasteiger partial charge on any atom is 0.127 e. The number of hydrogen-bond donors (Lipinski definition) is 1. The molecular weight excluding hydrogens is 219 g/mol. The van der Waals surface area contributed by atoms with Crippen LogP contribution in [0.25, 0.3) is 0 Å². The zero-order chi connectivity index (χ0) is 12.1. The molecule has 2 aromatic carbocycles. The molecule has 17 heavy (non-hydrogen) atoms. The molecule has 0 spiro atoms. The lowest BCUT2D eigenvalue weighted by atomic mass is 10.2. The molecule has 0 amide bonds. The average molecular weight is 232 g/mol. The lowest BCUT2D eigenvalue weighted by Crippen LogP contribution is -1.96. The van der Waals surface area contributed by atoms with Crippen molar-refractivity contribution >= 4 is 0 Å². The molecule has 0 atom stereocenters. The van der Waals surface area contributed by atoms with Crippen LogP contribution >= 0.6 is 0 Å². The Morgan fingerprint density at radius 3 is 2.47 bits per heavy atom. The Balaban J connectivity index is 2.06. The minimum Gasteiger partial charge on any atom is -0.489 e. The SMILES string of the molecule is OCc1cc(F)cc(OCc2ccccc2)c1. The van der Waals surface area contributed by atoms with E-state index in [9.17, 15) is 4.39 Å². The predicted molar refractivity (Wildman–Crippen MR) is 63.1 cm³/mol. The van der Waals surface area contributed by atoms with E-state index in [1.807, 2.05) is 30.3 Å². The van der Waals surface area contributed by atoms with Gasteiger partial charge in [-0.05, 0) is 23.3 Å². The molecule has 0 aliphatic rings. The Bertz CT molecular complexity index is 483. The van der Waals surface area contributed by atoms with Gasteiger partial charge in [0.15, 0.2) is 0 Å². The largest absolute Gasteiger partial charge is 0.489 e. The van der Waals surface area contributed by atoms with E-state index in [-0.39, 0.29) is 6.61 Å². The summed E-state index contributed by atoms with van der Waals surface area (Å²) in [7, 11) is 0. The van der Waals surface area contributed by atoms with Crippen molar-refractivity contribution in [3.63, 3.8) is 0 Å². The van der Waals surface area contributed by atoms with Crippen LogP contribution in [-0.4, -0.2) is 5.11 Å². The van der Waals surface area contributed by atoms with Crippen LogP contribution in [0.3, 0.4) is 0 Å². The van der Waals surface area contributed by atoms with Crippen LogP contribution < -0.4 is 4.74 Å². The van der Waals surface area contributed by atoms with E-state index in [0.29, 0.717) is 17.9 Å². The third-order valence-electron chi connectivity index (χ3n) is 2.36. The van der Waals surface area contributed by atoms with Crippen molar-refractivity contribution in [2.45, 2.75) is 13.2 Å². The molecule has 0 radical (unpaired) electrons. The first kappa shape index (κ1) is 11.6. The summed E-state index contributed by atoms with van der Waals surface area (Å²) in [6.45, 7) is 0.189. The van der Waals surface area contributed by atoms with Gasteiger partial charge >= 0.3 is 0 Å². The average Bonchev–Trinajstić information content (AvgIpc) is 2.37. The van der Waals surface area contributed by atoms with E-state index in [0.717, 1.165) is 5.56 Å². The van der Waals surface area contributed by atoms with Crippen LogP contribution in [0.2, 0.25) is 0 Å². The second-order valence-electron chi connectivity index (χ2n) is 3.73. The number of benzene rings is 2. The van der Waals surface area contributed by atoms with Gasteiger partial charge < -0.3 is 9.84 Å². The van der Waals surface area contributed by atoms with Gasteiger partial charge in [-0.3, -0.25) is 0 Å². The molecule has 0 saturated carbocycles. The number of rotatable bonds is 4. The van der Waals surface area contributed by atoms with Crippen LogP contribution in [0.15, 0.2) is 48.5 Å². The Hall–Kier alpha value is -1.87. The first-order valence-electron chi connectivity index (χ1n) is 5.35. The molecule has 0 aliphatic heterocycles. The topological polar surface area (TPSA) is 29.5 Å². The Morgan fingerprint density at radius 1 is 1.00 bits per heavy atom. The van der Waals surface area contributed by atoms with Crippen molar-refractivity contribution in [2.24, 2.45) is 0 Å². The lowest BCUT2D eigenvalue weighted by Gasteiger charge is -2.07. The standard InChI is InChI=1S/C14H13FO2/c15-13-6-12(9-16)7-14(8-13)17-10-11-4-2-1-3-5-11/h1-8,16H,9-10H2. The highest BCUT2D eigenvalue weighted by Gasteiger charge is 2.01. The van der Waals surface area contributed by atoms with Gasteiger partial charge in [0.1, 0.15) is 18.2 Å². The molecular formula is C14H13FO2. The number of aliphatic hydroxyl groups excluding tert-OH is 1. The number of aliphatic hydroxyl groups is 1. The van der Waals surface area contributed by atoms with Crippen molar-refractivity contribution in [3.05, 3.63) is 65.5 Å². The maximum atomic E-state index is 13.1. The summed E-state index contributed by atoms with van der Waals surface area (Å²) in [5, 5.41) is 8.95. The molecule has 0 fully saturated rings. The zero-order valence-corrected chi connectivity index (χ0v) is 9.27. The van der Waals surface area contributed by atoms with Crippen molar-refractivity contribution in [2.75, 3.05) is 0 Å². The minimum absolute atomic E-state index is 0.195. The smallest absolute Gasteiger partial charge is 0.127 e. The van der Waals surface area contributed by atoms with Crippen LogP contribution in [0.4, 0.5) is 4.39 Å². The van der Waals surface area contributed by atoms with Crippen molar-refractivity contribution in [1.82, 2.24) is 0 Å². The first-order valence-corrected chi connectivity index (χ1v) is 5.35. The summed E-state index contributed by atoms with van der Waals surface area (Å²) in [4.78, 5) is 0. The molecule has 1 N–H and O–H groups in total. The van der Waals surface area contributed by atoms with Crippen LogP contribution in [-0.2, 0) is 13.2 Å². The molecule has 2 aromatic rings. The predicted octanol–water partition coefficient (Wildman–Crippen LogP) is 2.90. The summed E-state index contributed by atoms with van der Waals surface area (Å²) >= 11 is 0. The Kier molecular flexibility index (Phi) is 3.73. The zero-order valence-electron chi connectivity index (χ0n) is 9.27. The minimum atomic E-state index is -0.403. The summed E-state index contributed by atoms with van der Waals surface area (Å²) in [5.41, 5.74) is 1.52. The molecule has 0 aliphatic carbocycles. The van der Waals surface area contributed by atoms with Crippen LogP contribution in [0.5, 0.6) is 5.75 Å². The third kappa shape index (κ3) is 3.29. The van der Waals surface area contributed by atoms with Gasteiger partial charge in [0, 0.05) is 6.07 Å². The van der Waals surface area contributed by atoms with Crippen molar-refractivity contribution < 1.29 is 14.2 Å². The number of hydrogen-bond acceptors (Lipinski definition) is 2. The van der Waals surface area contributed by atoms with Gasteiger partial charge in [0.05, 0.1) is 6.61 Å².